The first kappa shape index (κ1) is 22.3. The van der Waals surface area contributed by atoms with E-state index in [2.05, 4.69) is 24.7 Å². The van der Waals surface area contributed by atoms with Gasteiger partial charge in [-0.25, -0.2) is 0 Å². The van der Waals surface area contributed by atoms with E-state index in [9.17, 15) is 9.59 Å². The summed E-state index contributed by atoms with van der Waals surface area (Å²) in [4.78, 5) is 24.3. The van der Waals surface area contributed by atoms with E-state index < -0.39 is 17.9 Å². The van der Waals surface area contributed by atoms with Crippen LogP contribution in [0.3, 0.4) is 0 Å². The van der Waals surface area contributed by atoms with E-state index in [0.29, 0.717) is 17.4 Å². The topological polar surface area (TPSA) is 76.7 Å². The maximum absolute atomic E-state index is 12.3. The van der Waals surface area contributed by atoms with Crippen LogP contribution in [0.4, 0.5) is 0 Å². The number of ether oxygens (including phenoxy) is 2. The minimum absolute atomic E-state index is 0.198. The second-order valence-corrected chi connectivity index (χ2v) is 7.13. The summed E-state index contributed by atoms with van der Waals surface area (Å²) >= 11 is 0. The van der Waals surface area contributed by atoms with Crippen molar-refractivity contribution in [2.24, 2.45) is 0 Å². The third-order valence-corrected chi connectivity index (χ3v) is 4.97. The SMILES string of the molecule is CCC(C)c1ccccc1OC(C)C(=O)NNC(=O)COc1cccc(C)c1C. The zero-order chi connectivity index (χ0) is 21.4. The lowest BCUT2D eigenvalue weighted by atomic mass is 9.98. The summed E-state index contributed by atoms with van der Waals surface area (Å²) in [5.74, 6) is 0.748. The van der Waals surface area contributed by atoms with E-state index in [4.69, 9.17) is 9.47 Å². The van der Waals surface area contributed by atoms with Crippen LogP contribution in [-0.2, 0) is 9.59 Å². The Morgan fingerprint density at radius 3 is 2.38 bits per heavy atom. The molecule has 2 amide bonds. The van der Waals surface area contributed by atoms with Crippen LogP contribution in [0.5, 0.6) is 11.5 Å². The van der Waals surface area contributed by atoms with E-state index >= 15 is 0 Å². The molecule has 2 unspecified atom stereocenters. The molecular formula is C23H30N2O4. The lowest BCUT2D eigenvalue weighted by molar-refractivity contribution is -0.133. The summed E-state index contributed by atoms with van der Waals surface area (Å²) in [5.41, 5.74) is 7.86. The molecule has 2 aromatic rings. The Kier molecular flexibility index (Phi) is 8.07. The zero-order valence-electron chi connectivity index (χ0n) is 17.7. The lowest BCUT2D eigenvalue weighted by Crippen LogP contribution is -2.48. The van der Waals surface area contributed by atoms with Gasteiger partial charge in [0.25, 0.3) is 11.8 Å². The highest BCUT2D eigenvalue weighted by molar-refractivity contribution is 5.85. The van der Waals surface area contributed by atoms with Crippen LogP contribution >= 0.6 is 0 Å². The number of rotatable bonds is 8. The van der Waals surface area contributed by atoms with Gasteiger partial charge < -0.3 is 9.47 Å². The molecule has 0 saturated heterocycles. The molecule has 6 nitrogen and oxygen atoms in total. The van der Waals surface area contributed by atoms with Gasteiger partial charge in [0.2, 0.25) is 0 Å². The molecule has 0 aliphatic carbocycles. The molecule has 0 fully saturated rings. The minimum Gasteiger partial charge on any atom is -0.483 e. The highest BCUT2D eigenvalue weighted by atomic mass is 16.5. The zero-order valence-corrected chi connectivity index (χ0v) is 17.7. The Labute approximate surface area is 172 Å². The van der Waals surface area contributed by atoms with Crippen molar-refractivity contribution in [2.75, 3.05) is 6.61 Å². The predicted octanol–water partition coefficient (Wildman–Crippen LogP) is 3.81. The molecule has 2 aromatic carbocycles. The predicted molar refractivity (Wildman–Crippen MR) is 113 cm³/mol. The number of hydrogen-bond acceptors (Lipinski definition) is 4. The molecule has 0 bridgehead atoms. The van der Waals surface area contributed by atoms with Crippen molar-refractivity contribution >= 4 is 11.8 Å². The molecule has 0 saturated carbocycles. The summed E-state index contributed by atoms with van der Waals surface area (Å²) in [6, 6.07) is 13.3. The summed E-state index contributed by atoms with van der Waals surface area (Å²) < 4.78 is 11.4. The number of para-hydroxylation sites is 1. The molecule has 0 radical (unpaired) electrons. The molecule has 2 rings (SSSR count). The monoisotopic (exact) mass is 398 g/mol. The van der Waals surface area contributed by atoms with Gasteiger partial charge in [-0.05, 0) is 61.9 Å². The van der Waals surface area contributed by atoms with Gasteiger partial charge in [0.05, 0.1) is 0 Å². The van der Waals surface area contributed by atoms with Crippen molar-refractivity contribution in [1.29, 1.82) is 0 Å². The number of hydrogen-bond donors (Lipinski definition) is 2. The fourth-order valence-corrected chi connectivity index (χ4v) is 2.75. The average Bonchev–Trinajstić information content (AvgIpc) is 2.72. The third-order valence-electron chi connectivity index (χ3n) is 4.97. The molecule has 0 spiro atoms. The maximum Gasteiger partial charge on any atom is 0.279 e. The van der Waals surface area contributed by atoms with E-state index in [1.165, 1.54) is 0 Å². The smallest absolute Gasteiger partial charge is 0.279 e. The molecule has 0 aliphatic heterocycles. The van der Waals surface area contributed by atoms with Gasteiger partial charge in [-0.3, -0.25) is 20.4 Å². The largest absolute Gasteiger partial charge is 0.483 e. The first-order valence-corrected chi connectivity index (χ1v) is 9.86. The van der Waals surface area contributed by atoms with Crippen molar-refractivity contribution in [3.8, 4) is 11.5 Å². The van der Waals surface area contributed by atoms with Crippen molar-refractivity contribution in [1.82, 2.24) is 10.9 Å². The molecule has 0 heterocycles. The Morgan fingerprint density at radius 1 is 0.966 bits per heavy atom. The van der Waals surface area contributed by atoms with E-state index in [0.717, 1.165) is 23.1 Å². The van der Waals surface area contributed by atoms with Gasteiger partial charge in [0.15, 0.2) is 12.7 Å². The standard InChI is InChI=1S/C23H30N2O4/c1-6-15(2)19-11-7-8-12-21(19)29-18(5)23(27)25-24-22(26)14-28-20-13-9-10-16(3)17(20)4/h7-13,15,18H,6,14H2,1-5H3,(H,24,26)(H,25,27). The van der Waals surface area contributed by atoms with Gasteiger partial charge in [0, 0.05) is 0 Å². The molecule has 0 aromatic heterocycles. The van der Waals surface area contributed by atoms with Crippen LogP contribution in [-0.4, -0.2) is 24.5 Å². The lowest BCUT2D eigenvalue weighted by Gasteiger charge is -2.19. The minimum atomic E-state index is -0.763. The maximum atomic E-state index is 12.3. The molecular weight excluding hydrogens is 368 g/mol. The van der Waals surface area contributed by atoms with Crippen LogP contribution in [0, 0.1) is 13.8 Å². The Bertz CT molecular complexity index is 851. The highest BCUT2D eigenvalue weighted by Gasteiger charge is 2.18. The molecule has 2 N–H and O–H groups in total. The highest BCUT2D eigenvalue weighted by Crippen LogP contribution is 2.29. The van der Waals surface area contributed by atoms with Crippen LogP contribution < -0.4 is 20.3 Å². The molecule has 6 heteroatoms. The number of hydrazine groups is 1. The van der Waals surface area contributed by atoms with Gasteiger partial charge in [-0.15, -0.1) is 0 Å². The molecule has 0 aliphatic rings. The normalized spacial score (nSPS) is 12.6. The molecule has 2 atom stereocenters. The number of amides is 2. The fourth-order valence-electron chi connectivity index (χ4n) is 2.75. The molecule has 29 heavy (non-hydrogen) atoms. The van der Waals surface area contributed by atoms with Crippen molar-refractivity contribution in [3.63, 3.8) is 0 Å². The van der Waals surface area contributed by atoms with Crippen molar-refractivity contribution in [2.45, 2.75) is 53.1 Å². The first-order chi connectivity index (χ1) is 13.8. The Morgan fingerprint density at radius 2 is 1.66 bits per heavy atom. The number of benzene rings is 2. The average molecular weight is 399 g/mol. The summed E-state index contributed by atoms with van der Waals surface area (Å²) in [5, 5.41) is 0. The third kappa shape index (κ3) is 6.24. The van der Waals surface area contributed by atoms with Crippen LogP contribution in [0.25, 0.3) is 0 Å². The number of aryl methyl sites for hydroxylation is 1. The van der Waals surface area contributed by atoms with Crippen LogP contribution in [0.1, 0.15) is 49.8 Å². The van der Waals surface area contributed by atoms with Gasteiger partial charge >= 0.3 is 0 Å². The summed E-state index contributed by atoms with van der Waals surface area (Å²) in [7, 11) is 0. The number of carbonyl (C=O) groups excluding carboxylic acids is 2. The fraction of sp³-hybridized carbons (Fsp3) is 0.391. The van der Waals surface area contributed by atoms with Gasteiger partial charge in [0.1, 0.15) is 11.5 Å². The quantitative estimate of drug-likeness (QED) is 0.663. The van der Waals surface area contributed by atoms with Crippen LogP contribution in [0.15, 0.2) is 42.5 Å². The van der Waals surface area contributed by atoms with E-state index in [1.54, 1.807) is 13.0 Å². The van der Waals surface area contributed by atoms with Crippen molar-refractivity contribution < 1.29 is 19.1 Å². The summed E-state index contributed by atoms with van der Waals surface area (Å²) in [6.45, 7) is 9.57. The van der Waals surface area contributed by atoms with E-state index in [-0.39, 0.29) is 6.61 Å². The number of carbonyl (C=O) groups is 2. The molecule has 156 valence electrons. The van der Waals surface area contributed by atoms with Crippen LogP contribution in [0.2, 0.25) is 0 Å². The van der Waals surface area contributed by atoms with Gasteiger partial charge in [-0.1, -0.05) is 44.2 Å². The van der Waals surface area contributed by atoms with Gasteiger partial charge in [-0.2, -0.15) is 0 Å². The first-order valence-electron chi connectivity index (χ1n) is 9.86. The van der Waals surface area contributed by atoms with E-state index in [1.807, 2.05) is 50.2 Å². The Hall–Kier alpha value is -3.02. The second kappa shape index (κ2) is 10.5. The second-order valence-electron chi connectivity index (χ2n) is 7.13. The Balaban J connectivity index is 1.84. The van der Waals surface area contributed by atoms with Crippen molar-refractivity contribution in [3.05, 3.63) is 59.2 Å². The summed E-state index contributed by atoms with van der Waals surface area (Å²) in [6.07, 6.45) is 0.206. The number of nitrogens with one attached hydrogen (secondary N) is 2.